The Morgan fingerprint density at radius 3 is 2.91 bits per heavy atom. The lowest BCUT2D eigenvalue weighted by molar-refractivity contribution is -0.218. The normalized spacial score (nSPS) is 39.2. The van der Waals surface area contributed by atoms with Crippen molar-refractivity contribution in [2.75, 3.05) is 7.11 Å². The zero-order valence-corrected chi connectivity index (χ0v) is 6.61. The van der Waals surface area contributed by atoms with E-state index in [4.69, 9.17) is 14.6 Å². The minimum atomic E-state index is -1.11. The maximum atomic E-state index is 11.0. The maximum Gasteiger partial charge on any atom is 0.190 e. The van der Waals surface area contributed by atoms with Crippen LogP contribution in [0, 0.1) is 0 Å². The fourth-order valence-corrected chi connectivity index (χ4v) is 1.09. The lowest BCUT2D eigenvalue weighted by Crippen LogP contribution is -2.45. The van der Waals surface area contributed by atoms with Crippen LogP contribution in [0.5, 0.6) is 0 Å². The molecule has 1 saturated heterocycles. The van der Waals surface area contributed by atoms with Gasteiger partial charge in [-0.15, -0.1) is 0 Å². The molecule has 0 aromatic rings. The van der Waals surface area contributed by atoms with Crippen molar-refractivity contribution < 1.29 is 19.4 Å². The van der Waals surface area contributed by atoms with Crippen LogP contribution in [0.25, 0.3) is 0 Å². The molecule has 1 fully saturated rings. The number of ether oxygens (including phenoxy) is 2. The third-order valence-corrected chi connectivity index (χ3v) is 1.68. The second kappa shape index (κ2) is 3.30. The first-order chi connectivity index (χ1) is 5.15. The minimum absolute atomic E-state index is 0.157. The van der Waals surface area contributed by atoms with Gasteiger partial charge in [0.05, 0.1) is 6.10 Å². The number of Topliss-reactive ketones (excluding diaryl/α,β-unsaturated/α-hetero) is 1. The molecule has 1 aliphatic rings. The van der Waals surface area contributed by atoms with Crippen molar-refractivity contribution >= 4 is 5.78 Å². The summed E-state index contributed by atoms with van der Waals surface area (Å²) in [5.74, 6) is -0.212. The number of carbonyl (C=O) groups excluding carboxylic acids is 1. The highest BCUT2D eigenvalue weighted by molar-refractivity contribution is 5.84. The number of rotatable bonds is 1. The Morgan fingerprint density at radius 2 is 2.36 bits per heavy atom. The van der Waals surface area contributed by atoms with Gasteiger partial charge in [0.15, 0.2) is 18.2 Å². The highest BCUT2D eigenvalue weighted by Crippen LogP contribution is 2.16. The summed E-state index contributed by atoms with van der Waals surface area (Å²) in [5, 5.41) is 9.16. The van der Waals surface area contributed by atoms with Gasteiger partial charge in [0.25, 0.3) is 0 Å². The molecule has 1 aliphatic heterocycles. The molecule has 0 aromatic heterocycles. The quantitative estimate of drug-likeness (QED) is 0.572. The van der Waals surface area contributed by atoms with Gasteiger partial charge in [-0.05, 0) is 6.92 Å². The van der Waals surface area contributed by atoms with Crippen molar-refractivity contribution in [1.82, 2.24) is 0 Å². The van der Waals surface area contributed by atoms with Crippen LogP contribution in [0.1, 0.15) is 13.3 Å². The van der Waals surface area contributed by atoms with E-state index in [0.29, 0.717) is 0 Å². The standard InChI is InChI=1S/C7H12O4/c1-4-3-5(8)6(9)7(10-2)11-4/h4,6-7,9H,3H2,1-2H3/t4-,6-,7-/m1/s1. The Hall–Kier alpha value is -0.450. The molecule has 64 valence electrons. The van der Waals surface area contributed by atoms with E-state index in [0.717, 1.165) is 0 Å². The highest BCUT2D eigenvalue weighted by atomic mass is 16.7. The van der Waals surface area contributed by atoms with Crippen molar-refractivity contribution in [2.24, 2.45) is 0 Å². The molecule has 11 heavy (non-hydrogen) atoms. The van der Waals surface area contributed by atoms with Crippen LogP contribution in [0.15, 0.2) is 0 Å². The van der Waals surface area contributed by atoms with Gasteiger partial charge in [0.2, 0.25) is 0 Å². The van der Waals surface area contributed by atoms with E-state index in [9.17, 15) is 4.79 Å². The molecule has 0 amide bonds. The van der Waals surface area contributed by atoms with Crippen LogP contribution in [-0.2, 0) is 14.3 Å². The molecule has 1 N–H and O–H groups in total. The van der Waals surface area contributed by atoms with Gasteiger partial charge >= 0.3 is 0 Å². The van der Waals surface area contributed by atoms with Gasteiger partial charge < -0.3 is 14.6 Å². The van der Waals surface area contributed by atoms with Gasteiger partial charge in [0.1, 0.15) is 0 Å². The highest BCUT2D eigenvalue weighted by Gasteiger charge is 2.34. The Labute approximate surface area is 65.1 Å². The molecular weight excluding hydrogens is 148 g/mol. The second-order valence-electron chi connectivity index (χ2n) is 2.67. The molecule has 0 saturated carbocycles. The fourth-order valence-electron chi connectivity index (χ4n) is 1.09. The Balaban J connectivity index is 2.58. The molecular formula is C7H12O4. The van der Waals surface area contributed by atoms with Crippen molar-refractivity contribution in [3.05, 3.63) is 0 Å². The van der Waals surface area contributed by atoms with Crippen LogP contribution >= 0.6 is 0 Å². The summed E-state index contributed by atoms with van der Waals surface area (Å²) in [6.07, 6.45) is -1.79. The van der Waals surface area contributed by atoms with E-state index in [1.807, 2.05) is 0 Å². The number of hydrogen-bond donors (Lipinski definition) is 1. The van der Waals surface area contributed by atoms with Crippen LogP contribution in [0.4, 0.5) is 0 Å². The van der Waals surface area contributed by atoms with Crippen LogP contribution in [-0.4, -0.2) is 36.5 Å². The molecule has 3 atom stereocenters. The zero-order chi connectivity index (χ0) is 8.43. The summed E-state index contributed by atoms with van der Waals surface area (Å²) < 4.78 is 9.88. The molecule has 4 heteroatoms. The van der Waals surface area contributed by atoms with Gasteiger partial charge in [-0.3, -0.25) is 4.79 Å². The average molecular weight is 160 g/mol. The molecule has 4 nitrogen and oxygen atoms in total. The van der Waals surface area contributed by atoms with Crippen LogP contribution in [0.3, 0.4) is 0 Å². The lowest BCUT2D eigenvalue weighted by atomic mass is 10.1. The Bertz CT molecular complexity index is 157. The third-order valence-electron chi connectivity index (χ3n) is 1.68. The van der Waals surface area contributed by atoms with E-state index < -0.39 is 12.4 Å². The summed E-state index contributed by atoms with van der Waals surface area (Å²) in [7, 11) is 1.40. The van der Waals surface area contributed by atoms with E-state index in [1.165, 1.54) is 7.11 Å². The predicted octanol–water partition coefficient (Wildman–Crippen LogP) is -0.302. The molecule has 0 unspecified atom stereocenters. The number of aliphatic hydroxyl groups excluding tert-OH is 1. The Kier molecular flexibility index (Phi) is 2.59. The molecule has 0 aromatic carbocycles. The predicted molar refractivity (Wildman–Crippen MR) is 37.0 cm³/mol. The first kappa shape index (κ1) is 8.64. The summed E-state index contributed by atoms with van der Waals surface area (Å²) in [6, 6.07) is 0. The third kappa shape index (κ3) is 1.77. The number of aliphatic hydroxyl groups is 1. The van der Waals surface area contributed by atoms with Crippen LogP contribution < -0.4 is 0 Å². The monoisotopic (exact) mass is 160 g/mol. The summed E-state index contributed by atoms with van der Waals surface area (Å²) in [5.41, 5.74) is 0. The molecule has 0 spiro atoms. The van der Waals surface area contributed by atoms with Crippen molar-refractivity contribution in [1.29, 1.82) is 0 Å². The van der Waals surface area contributed by atoms with Crippen molar-refractivity contribution in [3.8, 4) is 0 Å². The number of ketones is 1. The Morgan fingerprint density at radius 1 is 1.73 bits per heavy atom. The first-order valence-electron chi connectivity index (χ1n) is 3.54. The van der Waals surface area contributed by atoms with Crippen molar-refractivity contribution in [2.45, 2.75) is 31.8 Å². The molecule has 0 aliphatic carbocycles. The minimum Gasteiger partial charge on any atom is -0.380 e. The van der Waals surface area contributed by atoms with Gasteiger partial charge in [0, 0.05) is 13.5 Å². The number of methoxy groups -OCH3 is 1. The number of carbonyl (C=O) groups is 1. The van der Waals surface area contributed by atoms with Crippen LogP contribution in [0.2, 0.25) is 0 Å². The summed E-state index contributed by atoms with van der Waals surface area (Å²) >= 11 is 0. The van der Waals surface area contributed by atoms with E-state index in [-0.39, 0.29) is 18.3 Å². The topological polar surface area (TPSA) is 55.8 Å². The van der Waals surface area contributed by atoms with E-state index in [2.05, 4.69) is 0 Å². The molecule has 1 rings (SSSR count). The molecule has 0 bridgehead atoms. The second-order valence-corrected chi connectivity index (χ2v) is 2.67. The molecule has 0 radical (unpaired) electrons. The smallest absolute Gasteiger partial charge is 0.190 e. The average Bonchev–Trinajstić information content (AvgIpc) is 1.96. The van der Waals surface area contributed by atoms with E-state index in [1.54, 1.807) is 6.92 Å². The fraction of sp³-hybridized carbons (Fsp3) is 0.857. The summed E-state index contributed by atoms with van der Waals surface area (Å²) in [6.45, 7) is 1.77. The largest absolute Gasteiger partial charge is 0.380 e. The molecule has 1 heterocycles. The van der Waals surface area contributed by atoms with Gasteiger partial charge in [-0.1, -0.05) is 0 Å². The lowest BCUT2D eigenvalue weighted by Gasteiger charge is -2.29. The maximum absolute atomic E-state index is 11.0. The van der Waals surface area contributed by atoms with Gasteiger partial charge in [-0.2, -0.15) is 0 Å². The summed E-state index contributed by atoms with van der Waals surface area (Å²) in [4.78, 5) is 11.0. The van der Waals surface area contributed by atoms with E-state index >= 15 is 0 Å². The number of hydrogen-bond acceptors (Lipinski definition) is 4. The zero-order valence-electron chi connectivity index (χ0n) is 6.61. The SMILES string of the molecule is CO[C@@H]1O[C@H](C)CC(=O)[C@H]1O. The van der Waals surface area contributed by atoms with Crippen molar-refractivity contribution in [3.63, 3.8) is 0 Å². The first-order valence-corrected chi connectivity index (χ1v) is 3.54. The van der Waals surface area contributed by atoms with Gasteiger partial charge in [-0.25, -0.2) is 0 Å².